The molecule has 0 radical (unpaired) electrons. The van der Waals surface area contributed by atoms with E-state index in [1.165, 1.54) is 6.08 Å². The SMILES string of the molecule is C=CC(=O)Nc1cccc(-c2cnc3c(C(N)=O)c(-c4ccc(Oc5ccccc5)cc4)[nH]n23)c1. The summed E-state index contributed by atoms with van der Waals surface area (Å²) in [5, 5.41) is 6.00. The fourth-order valence-electron chi connectivity index (χ4n) is 3.83. The molecule has 0 bridgehead atoms. The average Bonchev–Trinajstić information content (AvgIpc) is 3.44. The molecule has 0 fully saturated rings. The molecular weight excluding hydrogens is 442 g/mol. The standard InChI is InChI=1S/C27H21N5O3/c1-2-23(33)30-19-8-6-7-18(15-19)22-16-29-27-24(26(28)34)25(31-32(22)27)17-11-13-21(14-12-17)35-20-9-4-3-5-10-20/h2-16,31H,1H2,(H2,28,34)(H,30,33). The minimum atomic E-state index is -0.597. The highest BCUT2D eigenvalue weighted by Gasteiger charge is 2.22. The fraction of sp³-hybridized carbons (Fsp3) is 0. The summed E-state index contributed by atoms with van der Waals surface area (Å²) in [5.41, 5.74) is 9.83. The highest BCUT2D eigenvalue weighted by Crippen LogP contribution is 2.32. The number of benzene rings is 3. The van der Waals surface area contributed by atoms with Crippen molar-refractivity contribution in [3.05, 3.63) is 103 Å². The van der Waals surface area contributed by atoms with E-state index in [1.54, 1.807) is 16.8 Å². The molecule has 0 aliphatic heterocycles. The van der Waals surface area contributed by atoms with Crippen LogP contribution in [0.5, 0.6) is 11.5 Å². The Morgan fingerprint density at radius 1 is 0.971 bits per heavy atom. The predicted octanol–water partition coefficient (Wildman–Crippen LogP) is 5.01. The van der Waals surface area contributed by atoms with Crippen LogP contribution in [0.2, 0.25) is 0 Å². The number of anilines is 1. The van der Waals surface area contributed by atoms with E-state index in [-0.39, 0.29) is 11.5 Å². The maximum absolute atomic E-state index is 12.4. The number of H-pyrrole nitrogens is 1. The number of aromatic amines is 1. The first-order valence-electron chi connectivity index (χ1n) is 10.8. The molecule has 8 heteroatoms. The molecule has 0 aliphatic rings. The molecule has 0 aliphatic carbocycles. The average molecular weight is 463 g/mol. The fourth-order valence-corrected chi connectivity index (χ4v) is 3.83. The molecule has 5 rings (SSSR count). The van der Waals surface area contributed by atoms with Crippen LogP contribution >= 0.6 is 0 Å². The number of hydrogen-bond donors (Lipinski definition) is 3. The van der Waals surface area contributed by atoms with E-state index in [0.717, 1.165) is 16.9 Å². The van der Waals surface area contributed by atoms with Crippen molar-refractivity contribution in [3.63, 3.8) is 0 Å². The quantitative estimate of drug-likeness (QED) is 0.294. The third kappa shape index (κ3) is 4.28. The van der Waals surface area contributed by atoms with E-state index in [4.69, 9.17) is 10.5 Å². The number of ether oxygens (including phenoxy) is 1. The van der Waals surface area contributed by atoms with Gasteiger partial charge in [-0.15, -0.1) is 0 Å². The van der Waals surface area contributed by atoms with Crippen LogP contribution in [0.1, 0.15) is 10.4 Å². The van der Waals surface area contributed by atoms with Crippen LogP contribution in [0, 0.1) is 0 Å². The molecule has 2 heterocycles. The number of imidazole rings is 1. The Morgan fingerprint density at radius 2 is 1.71 bits per heavy atom. The van der Waals surface area contributed by atoms with E-state index < -0.39 is 5.91 Å². The molecule has 35 heavy (non-hydrogen) atoms. The Hall–Kier alpha value is -5.11. The van der Waals surface area contributed by atoms with E-state index in [9.17, 15) is 9.59 Å². The first-order valence-corrected chi connectivity index (χ1v) is 10.8. The summed E-state index contributed by atoms with van der Waals surface area (Å²) in [6, 6.07) is 24.1. The summed E-state index contributed by atoms with van der Waals surface area (Å²) in [5.74, 6) is 0.488. The second-order valence-electron chi connectivity index (χ2n) is 7.74. The Bertz CT molecular complexity index is 1550. The van der Waals surface area contributed by atoms with Crippen molar-refractivity contribution in [1.29, 1.82) is 0 Å². The number of fused-ring (bicyclic) bond motifs is 1. The molecule has 172 valence electrons. The van der Waals surface area contributed by atoms with E-state index in [1.807, 2.05) is 72.8 Å². The minimum absolute atomic E-state index is 0.282. The largest absolute Gasteiger partial charge is 0.457 e. The normalized spacial score (nSPS) is 10.7. The number of carbonyl (C=O) groups excluding carboxylic acids is 2. The summed E-state index contributed by atoms with van der Waals surface area (Å²) in [6.45, 7) is 3.47. The Balaban J connectivity index is 1.52. The maximum atomic E-state index is 12.4. The van der Waals surface area contributed by atoms with Gasteiger partial charge in [-0.2, -0.15) is 0 Å². The third-order valence-electron chi connectivity index (χ3n) is 5.44. The van der Waals surface area contributed by atoms with Crippen molar-refractivity contribution in [2.75, 3.05) is 5.32 Å². The third-order valence-corrected chi connectivity index (χ3v) is 5.44. The van der Waals surface area contributed by atoms with Gasteiger partial charge in [0.2, 0.25) is 5.91 Å². The number of primary amides is 1. The topological polar surface area (TPSA) is 115 Å². The Labute approximate surface area is 200 Å². The van der Waals surface area contributed by atoms with Gasteiger partial charge in [-0.1, -0.05) is 36.9 Å². The number of nitrogens with one attached hydrogen (secondary N) is 2. The van der Waals surface area contributed by atoms with Crippen molar-refractivity contribution in [2.24, 2.45) is 5.73 Å². The van der Waals surface area contributed by atoms with Gasteiger partial charge in [0.15, 0.2) is 5.65 Å². The minimum Gasteiger partial charge on any atom is -0.457 e. The van der Waals surface area contributed by atoms with Gasteiger partial charge in [-0.05, 0) is 54.6 Å². The molecule has 0 spiro atoms. The van der Waals surface area contributed by atoms with Gasteiger partial charge < -0.3 is 15.8 Å². The van der Waals surface area contributed by atoms with Gasteiger partial charge >= 0.3 is 0 Å². The molecule has 0 saturated carbocycles. The van der Waals surface area contributed by atoms with Crippen LogP contribution in [0.15, 0.2) is 97.7 Å². The van der Waals surface area contributed by atoms with Gasteiger partial charge in [-0.3, -0.25) is 14.7 Å². The van der Waals surface area contributed by atoms with Crippen molar-refractivity contribution in [2.45, 2.75) is 0 Å². The molecule has 4 N–H and O–H groups in total. The first kappa shape index (κ1) is 21.7. The van der Waals surface area contributed by atoms with Gasteiger partial charge in [0.05, 0.1) is 17.6 Å². The van der Waals surface area contributed by atoms with E-state index in [0.29, 0.717) is 28.5 Å². The molecule has 2 amide bonds. The molecule has 3 aromatic carbocycles. The van der Waals surface area contributed by atoms with Crippen molar-refractivity contribution in [1.82, 2.24) is 14.6 Å². The second kappa shape index (κ2) is 9.03. The molecule has 5 aromatic rings. The number of aromatic nitrogens is 3. The van der Waals surface area contributed by atoms with Crippen molar-refractivity contribution < 1.29 is 14.3 Å². The Kier molecular flexibility index (Phi) is 5.60. The van der Waals surface area contributed by atoms with Crippen LogP contribution in [0.3, 0.4) is 0 Å². The predicted molar refractivity (Wildman–Crippen MR) is 134 cm³/mol. The molecule has 0 saturated heterocycles. The molecule has 2 aromatic heterocycles. The summed E-state index contributed by atoms with van der Waals surface area (Å²) in [4.78, 5) is 28.5. The lowest BCUT2D eigenvalue weighted by Gasteiger charge is -2.07. The summed E-state index contributed by atoms with van der Waals surface area (Å²) in [7, 11) is 0. The van der Waals surface area contributed by atoms with Gasteiger partial charge in [-0.25, -0.2) is 9.50 Å². The second-order valence-corrected chi connectivity index (χ2v) is 7.74. The van der Waals surface area contributed by atoms with Gasteiger partial charge in [0.1, 0.15) is 17.1 Å². The number of amides is 2. The van der Waals surface area contributed by atoms with Gasteiger partial charge in [0, 0.05) is 16.8 Å². The van der Waals surface area contributed by atoms with E-state index >= 15 is 0 Å². The number of hydrogen-bond acceptors (Lipinski definition) is 4. The zero-order chi connectivity index (χ0) is 24.4. The highest BCUT2D eigenvalue weighted by molar-refractivity contribution is 6.05. The van der Waals surface area contributed by atoms with Gasteiger partial charge in [0.25, 0.3) is 5.91 Å². The van der Waals surface area contributed by atoms with Crippen molar-refractivity contribution >= 4 is 23.1 Å². The molecule has 0 unspecified atom stereocenters. The van der Waals surface area contributed by atoms with Crippen molar-refractivity contribution in [3.8, 4) is 34.0 Å². The van der Waals surface area contributed by atoms with Crippen LogP contribution in [-0.4, -0.2) is 26.4 Å². The lowest BCUT2D eigenvalue weighted by molar-refractivity contribution is -0.111. The van der Waals surface area contributed by atoms with Crippen LogP contribution < -0.4 is 15.8 Å². The highest BCUT2D eigenvalue weighted by atomic mass is 16.5. The summed E-state index contributed by atoms with van der Waals surface area (Å²) in [6.07, 6.45) is 2.85. The lowest BCUT2D eigenvalue weighted by atomic mass is 10.1. The lowest BCUT2D eigenvalue weighted by Crippen LogP contribution is -2.11. The summed E-state index contributed by atoms with van der Waals surface area (Å²) >= 11 is 0. The van der Waals surface area contributed by atoms with Crippen LogP contribution in [0.25, 0.3) is 28.2 Å². The zero-order valence-corrected chi connectivity index (χ0v) is 18.6. The number of nitrogens with zero attached hydrogens (tertiary/aromatic N) is 2. The number of rotatable bonds is 7. The number of nitrogens with two attached hydrogens (primary N) is 1. The summed E-state index contributed by atoms with van der Waals surface area (Å²) < 4.78 is 7.57. The van der Waals surface area contributed by atoms with E-state index in [2.05, 4.69) is 22.0 Å². The Morgan fingerprint density at radius 3 is 2.43 bits per heavy atom. The molecule has 8 nitrogen and oxygen atoms in total. The molecule has 0 atom stereocenters. The van der Waals surface area contributed by atoms with Crippen LogP contribution in [-0.2, 0) is 4.79 Å². The number of carbonyl (C=O) groups is 2. The monoisotopic (exact) mass is 463 g/mol. The number of para-hydroxylation sites is 1. The van der Waals surface area contributed by atoms with Crippen LogP contribution in [0.4, 0.5) is 5.69 Å². The smallest absolute Gasteiger partial charge is 0.254 e. The maximum Gasteiger partial charge on any atom is 0.254 e. The zero-order valence-electron chi connectivity index (χ0n) is 18.6. The molecular formula is C27H21N5O3. The first-order chi connectivity index (χ1) is 17.0.